The van der Waals surface area contributed by atoms with Gasteiger partial charge >= 0.3 is 0 Å². The molecule has 0 aliphatic carbocycles. The third kappa shape index (κ3) is 5.57. The molecule has 0 radical (unpaired) electrons. The van der Waals surface area contributed by atoms with E-state index in [9.17, 15) is 8.42 Å². The van der Waals surface area contributed by atoms with E-state index >= 15 is 0 Å². The van der Waals surface area contributed by atoms with Gasteiger partial charge in [0.2, 0.25) is 10.0 Å². The summed E-state index contributed by atoms with van der Waals surface area (Å²) in [6, 6.07) is 7.21. The number of nitrogens with one attached hydrogen (secondary N) is 1. The third-order valence-electron chi connectivity index (χ3n) is 1.32. The number of sulfonamides is 1. The minimum Gasteiger partial charge on any atom is -0.412 e. The second kappa shape index (κ2) is 5.64. The number of hydrogen-bond donors (Lipinski definition) is 1. The number of anilines is 1. The lowest BCUT2D eigenvalue weighted by Crippen LogP contribution is -2.11. The molecule has 80 valence electrons. The first-order chi connectivity index (χ1) is 5.47. The Morgan fingerprint density at radius 1 is 1.29 bits per heavy atom. The summed E-state index contributed by atoms with van der Waals surface area (Å²) in [7, 11) is -1.23. The van der Waals surface area contributed by atoms with Gasteiger partial charge in [-0.2, -0.15) is 0 Å². The maximum atomic E-state index is 10.8. The minimum atomic E-state index is -3.14. The highest BCUT2D eigenvalue weighted by Crippen LogP contribution is 2.04. The van der Waals surface area contributed by atoms with Crippen molar-refractivity contribution in [1.29, 1.82) is 0 Å². The van der Waals surface area contributed by atoms with Crippen LogP contribution in [0, 0.1) is 0 Å². The zero-order chi connectivity index (χ0) is 9.19. The van der Waals surface area contributed by atoms with Gasteiger partial charge in [-0.15, -0.1) is 0 Å². The quantitative estimate of drug-likeness (QED) is 0.562. The van der Waals surface area contributed by atoms with Crippen LogP contribution >= 0.6 is 0 Å². The third-order valence-corrected chi connectivity index (χ3v) is 1.93. The lowest BCUT2D eigenvalue weighted by atomic mass is 9.96. The second-order valence-electron chi connectivity index (χ2n) is 2.74. The zero-order valence-corrected chi connectivity index (χ0v) is 8.85. The van der Waals surface area contributed by atoms with E-state index < -0.39 is 10.0 Å². The summed E-state index contributed by atoms with van der Waals surface area (Å²) in [6.45, 7) is 0. The zero-order valence-electron chi connectivity index (χ0n) is 8.03. The van der Waals surface area contributed by atoms with E-state index in [0.717, 1.165) is 11.7 Å². The molecule has 1 aromatic rings. The molecule has 7 heteroatoms. The van der Waals surface area contributed by atoms with E-state index in [1.807, 2.05) is 20.0 Å². The van der Waals surface area contributed by atoms with Crippen LogP contribution in [0.4, 0.5) is 5.69 Å². The molecule has 0 spiro atoms. The number of rotatable bonds is 2. The summed E-state index contributed by atoms with van der Waals surface area (Å²) in [4.78, 5) is 0. The second-order valence-corrected chi connectivity index (χ2v) is 4.49. The first kappa shape index (κ1) is 15.4. The van der Waals surface area contributed by atoms with Gasteiger partial charge in [-0.25, -0.2) is 8.42 Å². The molecule has 1 rings (SSSR count). The van der Waals surface area contributed by atoms with E-state index in [1.54, 1.807) is 12.1 Å². The Morgan fingerprint density at radius 2 is 1.86 bits per heavy atom. The number of benzene rings is 1. The fourth-order valence-corrected chi connectivity index (χ4v) is 1.48. The van der Waals surface area contributed by atoms with Crippen LogP contribution in [0.2, 0.25) is 0 Å². The van der Waals surface area contributed by atoms with Crippen LogP contribution in [0.15, 0.2) is 24.3 Å². The monoisotopic (exact) mass is 219 g/mol. The van der Waals surface area contributed by atoms with E-state index in [4.69, 9.17) is 0 Å². The average Bonchev–Trinajstić information content (AvgIpc) is 1.82. The highest BCUT2D eigenvalue weighted by atomic mass is 32.2. The van der Waals surface area contributed by atoms with Gasteiger partial charge in [-0.05, 0) is 12.1 Å². The van der Waals surface area contributed by atoms with Crippen molar-refractivity contribution in [3.05, 3.63) is 24.3 Å². The van der Waals surface area contributed by atoms with Crippen LogP contribution in [-0.2, 0) is 10.0 Å². The van der Waals surface area contributed by atoms with Crippen molar-refractivity contribution in [2.75, 3.05) is 11.0 Å². The van der Waals surface area contributed by atoms with Crippen molar-refractivity contribution in [1.82, 2.24) is 0 Å². The molecule has 0 unspecified atom stereocenters. The van der Waals surface area contributed by atoms with Crippen molar-refractivity contribution in [3.8, 4) is 0 Å². The van der Waals surface area contributed by atoms with Crippen molar-refractivity contribution >= 4 is 29.0 Å². The molecule has 5 N–H and O–H groups in total. The molecule has 0 fully saturated rings. The molecule has 14 heavy (non-hydrogen) atoms. The molecule has 0 heterocycles. The molecule has 5 nitrogen and oxygen atoms in total. The van der Waals surface area contributed by atoms with Crippen LogP contribution in [0.5, 0.6) is 0 Å². The summed E-state index contributed by atoms with van der Waals surface area (Å²) < 4.78 is 24.0. The molecule has 0 aromatic heterocycles. The summed E-state index contributed by atoms with van der Waals surface area (Å²) in [5, 5.41) is 0. The molecule has 0 saturated carbocycles. The van der Waals surface area contributed by atoms with Crippen LogP contribution in [0.3, 0.4) is 0 Å². The molecule has 0 amide bonds. The molecule has 0 atom stereocenters. The van der Waals surface area contributed by atoms with Gasteiger partial charge in [0.25, 0.3) is 0 Å². The fraction of sp³-hybridized carbons (Fsp3) is 0.143. The maximum Gasteiger partial charge on any atom is 0.229 e. The van der Waals surface area contributed by atoms with Crippen molar-refractivity contribution in [3.63, 3.8) is 0 Å². The summed E-state index contributed by atoms with van der Waals surface area (Å²) in [5.41, 5.74) is 1.64. The van der Waals surface area contributed by atoms with Gasteiger partial charge in [0, 0.05) is 5.69 Å². The topological polar surface area (TPSA) is 109 Å². The minimum absolute atomic E-state index is 0. The largest absolute Gasteiger partial charge is 0.412 e. The average molecular weight is 219 g/mol. The summed E-state index contributed by atoms with van der Waals surface area (Å²) in [5.74, 6) is 0. The number of hydrogen-bond acceptors (Lipinski definition) is 2. The van der Waals surface area contributed by atoms with Gasteiger partial charge in [-0.1, -0.05) is 17.6 Å². The Labute approximate surface area is 84.2 Å². The van der Waals surface area contributed by atoms with Crippen LogP contribution in [0.25, 0.3) is 0 Å². The normalized spacial score (nSPS) is 9.50. The van der Waals surface area contributed by atoms with Crippen molar-refractivity contribution < 1.29 is 19.4 Å². The van der Waals surface area contributed by atoms with Gasteiger partial charge in [0.05, 0.1) is 6.26 Å². The predicted molar refractivity (Wildman–Crippen MR) is 60.3 cm³/mol. The Morgan fingerprint density at radius 3 is 2.29 bits per heavy atom. The van der Waals surface area contributed by atoms with Crippen LogP contribution in [-0.4, -0.2) is 33.5 Å². The molecule has 0 aliphatic rings. The van der Waals surface area contributed by atoms with Gasteiger partial charge in [-0.3, -0.25) is 4.72 Å². The molecule has 0 aliphatic heterocycles. The molecule has 0 saturated heterocycles. The molecule has 0 bridgehead atoms. The van der Waals surface area contributed by atoms with E-state index in [0.29, 0.717) is 5.69 Å². The Bertz CT molecular complexity index is 379. The lowest BCUT2D eigenvalue weighted by molar-refractivity contribution is 0.607. The van der Waals surface area contributed by atoms with E-state index in [1.165, 1.54) is 0 Å². The van der Waals surface area contributed by atoms with Crippen molar-refractivity contribution in [2.45, 2.75) is 0 Å². The molecular weight excluding hydrogens is 205 g/mol. The first-order valence-corrected chi connectivity index (χ1v) is 5.41. The maximum absolute atomic E-state index is 10.8. The first-order valence-electron chi connectivity index (χ1n) is 3.52. The smallest absolute Gasteiger partial charge is 0.229 e. The van der Waals surface area contributed by atoms with Gasteiger partial charge in [0.1, 0.15) is 7.85 Å². The molecule has 1 aromatic carbocycles. The Kier molecular flexibility index (Phi) is 6.21. The summed E-state index contributed by atoms with van der Waals surface area (Å²) >= 11 is 0. The van der Waals surface area contributed by atoms with E-state index in [2.05, 4.69) is 4.72 Å². The highest BCUT2D eigenvalue weighted by Gasteiger charge is 1.99. The van der Waals surface area contributed by atoms with Gasteiger partial charge < -0.3 is 11.0 Å². The standard InChI is InChI=1S/C7H10BNO2S.2H2O/c1-12(10,11)9-7-4-2-3-6(8)5-7;;/h2-5,9H,8H2,1H3;2*1H2. The summed E-state index contributed by atoms with van der Waals surface area (Å²) in [6.07, 6.45) is 1.13. The van der Waals surface area contributed by atoms with Crippen molar-refractivity contribution in [2.24, 2.45) is 0 Å². The fourth-order valence-electron chi connectivity index (χ4n) is 0.923. The molecular formula is C7H14BNO4S. The Balaban J connectivity index is 0. The van der Waals surface area contributed by atoms with Crippen LogP contribution < -0.4 is 10.2 Å². The highest BCUT2D eigenvalue weighted by molar-refractivity contribution is 7.92. The SMILES string of the molecule is Bc1cccc(NS(C)(=O)=O)c1.O.O. The predicted octanol–water partition coefficient (Wildman–Crippen LogP) is -2.33. The van der Waals surface area contributed by atoms with Crippen LogP contribution in [0.1, 0.15) is 0 Å². The lowest BCUT2D eigenvalue weighted by Gasteiger charge is -2.03. The van der Waals surface area contributed by atoms with Gasteiger partial charge in [0.15, 0.2) is 0 Å². The van der Waals surface area contributed by atoms with E-state index in [-0.39, 0.29) is 11.0 Å². The Hall–Kier alpha value is -1.05.